The van der Waals surface area contributed by atoms with Crippen LogP contribution in [-0.2, 0) is 6.42 Å². The molecule has 15 heavy (non-hydrogen) atoms. The van der Waals surface area contributed by atoms with Crippen LogP contribution in [0.1, 0.15) is 24.8 Å². The van der Waals surface area contributed by atoms with E-state index in [1.807, 2.05) is 6.08 Å². The van der Waals surface area contributed by atoms with Crippen molar-refractivity contribution in [3.8, 4) is 0 Å². The number of unbranched alkanes of at least 4 members (excludes halogenated alkanes) is 2. The van der Waals surface area contributed by atoms with Crippen molar-refractivity contribution in [3.63, 3.8) is 0 Å². The molecule has 1 rings (SSSR count). The molecule has 0 unspecified atom stereocenters. The molecule has 1 aromatic carbocycles. The average molecular weight is 203 g/mol. The highest BCUT2D eigenvalue weighted by molar-refractivity contribution is 5.45. The van der Waals surface area contributed by atoms with Gasteiger partial charge in [0.1, 0.15) is 0 Å². The first-order valence-electron chi connectivity index (χ1n) is 5.61. The lowest BCUT2D eigenvalue weighted by atomic mass is 10.1. The molecule has 0 amide bonds. The van der Waals surface area contributed by atoms with E-state index in [0.717, 1.165) is 6.42 Å². The molecule has 0 bridgehead atoms. The molecule has 1 nitrogen and oxygen atoms in total. The van der Waals surface area contributed by atoms with Gasteiger partial charge in [-0.25, -0.2) is 0 Å². The van der Waals surface area contributed by atoms with Crippen molar-refractivity contribution in [2.24, 2.45) is 0 Å². The van der Waals surface area contributed by atoms with E-state index in [1.54, 1.807) is 0 Å². The van der Waals surface area contributed by atoms with Crippen molar-refractivity contribution >= 4 is 5.69 Å². The Labute approximate surface area is 93.4 Å². The molecule has 0 saturated heterocycles. The van der Waals surface area contributed by atoms with Crippen molar-refractivity contribution in [3.05, 3.63) is 42.5 Å². The summed E-state index contributed by atoms with van der Waals surface area (Å²) in [5, 5.41) is 0. The van der Waals surface area contributed by atoms with E-state index in [-0.39, 0.29) is 0 Å². The van der Waals surface area contributed by atoms with E-state index in [0.29, 0.717) is 0 Å². The van der Waals surface area contributed by atoms with Crippen LogP contribution < -0.4 is 4.90 Å². The Kier molecular flexibility index (Phi) is 4.96. The number of anilines is 1. The smallest absolute Gasteiger partial charge is 0.0361 e. The fourth-order valence-corrected chi connectivity index (χ4v) is 1.58. The van der Waals surface area contributed by atoms with Gasteiger partial charge in [0, 0.05) is 19.8 Å². The van der Waals surface area contributed by atoms with E-state index in [9.17, 15) is 0 Å². The minimum absolute atomic E-state index is 1.13. The van der Waals surface area contributed by atoms with Gasteiger partial charge in [0.2, 0.25) is 0 Å². The monoisotopic (exact) mass is 203 g/mol. The first-order valence-corrected chi connectivity index (χ1v) is 5.61. The van der Waals surface area contributed by atoms with Crippen molar-refractivity contribution in [1.29, 1.82) is 0 Å². The molecule has 0 saturated carbocycles. The second kappa shape index (κ2) is 6.28. The average Bonchev–Trinajstić information content (AvgIpc) is 2.25. The van der Waals surface area contributed by atoms with Crippen molar-refractivity contribution in [2.45, 2.75) is 25.7 Å². The van der Waals surface area contributed by atoms with Gasteiger partial charge in [0.05, 0.1) is 0 Å². The van der Waals surface area contributed by atoms with Gasteiger partial charge < -0.3 is 4.90 Å². The molecule has 82 valence electrons. The summed E-state index contributed by atoms with van der Waals surface area (Å²) >= 11 is 0. The number of allylic oxidation sites excluding steroid dienone is 1. The van der Waals surface area contributed by atoms with Crippen LogP contribution in [0.15, 0.2) is 36.9 Å². The zero-order valence-electron chi connectivity index (χ0n) is 9.87. The highest BCUT2D eigenvalue weighted by Gasteiger charge is 1.96. The largest absolute Gasteiger partial charge is 0.378 e. The number of nitrogens with zero attached hydrogens (tertiary/aromatic N) is 1. The van der Waals surface area contributed by atoms with Crippen LogP contribution in [0.25, 0.3) is 0 Å². The lowest BCUT2D eigenvalue weighted by Crippen LogP contribution is -2.08. The summed E-state index contributed by atoms with van der Waals surface area (Å²) in [6.07, 6.45) is 6.82. The molecule has 1 aromatic rings. The van der Waals surface area contributed by atoms with Gasteiger partial charge >= 0.3 is 0 Å². The second-order valence-corrected chi connectivity index (χ2v) is 4.10. The number of hydrogen-bond donors (Lipinski definition) is 0. The van der Waals surface area contributed by atoms with Gasteiger partial charge in [-0.3, -0.25) is 0 Å². The zero-order valence-corrected chi connectivity index (χ0v) is 9.87. The van der Waals surface area contributed by atoms with E-state index >= 15 is 0 Å². The van der Waals surface area contributed by atoms with Crippen LogP contribution in [0.5, 0.6) is 0 Å². The zero-order chi connectivity index (χ0) is 11.1. The van der Waals surface area contributed by atoms with Crippen LogP contribution in [0.2, 0.25) is 0 Å². The Hall–Kier alpha value is -1.24. The molecule has 0 aliphatic heterocycles. The molecule has 0 fully saturated rings. The predicted molar refractivity (Wildman–Crippen MR) is 68.5 cm³/mol. The van der Waals surface area contributed by atoms with Gasteiger partial charge in [-0.1, -0.05) is 18.2 Å². The van der Waals surface area contributed by atoms with Crippen LogP contribution in [0.4, 0.5) is 5.69 Å². The third-order valence-corrected chi connectivity index (χ3v) is 2.58. The minimum atomic E-state index is 1.13. The topological polar surface area (TPSA) is 3.24 Å². The van der Waals surface area contributed by atoms with E-state index in [1.165, 1.54) is 30.5 Å². The summed E-state index contributed by atoms with van der Waals surface area (Å²) in [5.41, 5.74) is 2.70. The fraction of sp³-hybridized carbons (Fsp3) is 0.429. The summed E-state index contributed by atoms with van der Waals surface area (Å²) in [4.78, 5) is 2.13. The van der Waals surface area contributed by atoms with Crippen LogP contribution in [-0.4, -0.2) is 14.1 Å². The standard InChI is InChI=1S/C14H21N/c1-4-5-6-7-8-13-9-11-14(12-10-13)15(2)3/h4,9-12H,1,5-8H2,2-3H3. The molecule has 0 aliphatic carbocycles. The van der Waals surface area contributed by atoms with Gasteiger partial charge in [0.25, 0.3) is 0 Å². The number of hydrogen-bond acceptors (Lipinski definition) is 1. The first-order chi connectivity index (χ1) is 7.24. The Bertz CT molecular complexity index is 285. The first kappa shape index (κ1) is 11.8. The Balaban J connectivity index is 2.39. The Morgan fingerprint density at radius 3 is 2.33 bits per heavy atom. The highest BCUT2D eigenvalue weighted by Crippen LogP contribution is 2.14. The van der Waals surface area contributed by atoms with Crippen LogP contribution >= 0.6 is 0 Å². The van der Waals surface area contributed by atoms with Crippen molar-refractivity contribution < 1.29 is 0 Å². The summed E-state index contributed by atoms with van der Waals surface area (Å²) < 4.78 is 0. The normalized spacial score (nSPS) is 10.0. The lowest BCUT2D eigenvalue weighted by Gasteiger charge is -2.12. The van der Waals surface area contributed by atoms with Gasteiger partial charge in [-0.2, -0.15) is 0 Å². The molecule has 0 atom stereocenters. The molecule has 0 aliphatic rings. The minimum Gasteiger partial charge on any atom is -0.378 e. The molecule has 1 heteroatoms. The van der Waals surface area contributed by atoms with Gasteiger partial charge in [-0.15, -0.1) is 6.58 Å². The summed E-state index contributed by atoms with van der Waals surface area (Å²) in [6, 6.07) is 8.82. The molecule has 0 radical (unpaired) electrons. The molecular formula is C14H21N. The highest BCUT2D eigenvalue weighted by atomic mass is 15.1. The van der Waals surface area contributed by atoms with Gasteiger partial charge in [-0.05, 0) is 43.4 Å². The molecule has 0 N–H and O–H groups in total. The molecule has 0 aromatic heterocycles. The van der Waals surface area contributed by atoms with Crippen LogP contribution in [0.3, 0.4) is 0 Å². The number of benzene rings is 1. The van der Waals surface area contributed by atoms with Crippen molar-refractivity contribution in [1.82, 2.24) is 0 Å². The van der Waals surface area contributed by atoms with Crippen LogP contribution in [0, 0.1) is 0 Å². The Morgan fingerprint density at radius 2 is 1.80 bits per heavy atom. The maximum Gasteiger partial charge on any atom is 0.0361 e. The van der Waals surface area contributed by atoms with E-state index in [4.69, 9.17) is 0 Å². The lowest BCUT2D eigenvalue weighted by molar-refractivity contribution is 0.748. The summed E-state index contributed by atoms with van der Waals surface area (Å²) in [6.45, 7) is 3.73. The SMILES string of the molecule is C=CCCCCc1ccc(N(C)C)cc1. The van der Waals surface area contributed by atoms with E-state index < -0.39 is 0 Å². The summed E-state index contributed by atoms with van der Waals surface area (Å²) in [7, 11) is 4.14. The summed E-state index contributed by atoms with van der Waals surface area (Å²) in [5.74, 6) is 0. The number of rotatable bonds is 6. The third kappa shape index (κ3) is 4.20. The quantitative estimate of drug-likeness (QED) is 0.504. The van der Waals surface area contributed by atoms with E-state index in [2.05, 4.69) is 49.8 Å². The second-order valence-electron chi connectivity index (χ2n) is 4.10. The third-order valence-electron chi connectivity index (χ3n) is 2.58. The maximum absolute atomic E-state index is 3.73. The predicted octanol–water partition coefficient (Wildman–Crippen LogP) is 3.65. The molecule has 0 heterocycles. The maximum atomic E-state index is 3.73. The van der Waals surface area contributed by atoms with Gasteiger partial charge in [0.15, 0.2) is 0 Å². The fourth-order valence-electron chi connectivity index (χ4n) is 1.58. The Morgan fingerprint density at radius 1 is 1.13 bits per heavy atom. The van der Waals surface area contributed by atoms with Crippen molar-refractivity contribution in [2.75, 3.05) is 19.0 Å². The molecule has 0 spiro atoms. The number of aryl methyl sites for hydroxylation is 1. The molecular weight excluding hydrogens is 182 g/mol.